The number of benzene rings is 3. The van der Waals surface area contributed by atoms with Gasteiger partial charge in [-0.2, -0.15) is 0 Å². The van der Waals surface area contributed by atoms with E-state index >= 15 is 0 Å². The molecule has 0 saturated heterocycles. The van der Waals surface area contributed by atoms with Crippen LogP contribution >= 0.6 is 0 Å². The van der Waals surface area contributed by atoms with Gasteiger partial charge in [0, 0.05) is 29.2 Å². The minimum absolute atomic E-state index is 0.0268. The summed E-state index contributed by atoms with van der Waals surface area (Å²) in [4.78, 5) is 9.21. The van der Waals surface area contributed by atoms with E-state index in [9.17, 15) is 0 Å². The number of hydrogen-bond donors (Lipinski definition) is 0. The molecule has 0 atom stereocenters. The summed E-state index contributed by atoms with van der Waals surface area (Å²) in [7, 11) is 0. The van der Waals surface area contributed by atoms with Crippen molar-refractivity contribution in [1.29, 1.82) is 0 Å². The highest BCUT2D eigenvalue weighted by atomic mass is 16.5. The van der Waals surface area contributed by atoms with E-state index in [4.69, 9.17) is 9.72 Å². The Morgan fingerprint density at radius 1 is 0.575 bits per heavy atom. The first-order chi connectivity index (χ1) is 19.1. The fraction of sp³-hybridized carbons (Fsp3) is 0.222. The van der Waals surface area contributed by atoms with Gasteiger partial charge in [0.15, 0.2) is 0 Å². The standard InChI is InChI=1S/C36H35N3O/c1-35(2,3)26-16-18-37-33(23-26)39-31-12-8-7-11-29(31)30-15-14-24(21-32(30)39)25-19-27(36(4,5)6)22-28(20-25)40-34-13-9-10-17-38-34/h7-23H,1-6H3. The largest absolute Gasteiger partial charge is 0.439 e. The van der Waals surface area contributed by atoms with Crippen molar-refractivity contribution in [3.63, 3.8) is 0 Å². The summed E-state index contributed by atoms with van der Waals surface area (Å²) in [6.07, 6.45) is 3.67. The van der Waals surface area contributed by atoms with Crippen LogP contribution in [0.2, 0.25) is 0 Å². The Labute approximate surface area is 236 Å². The monoisotopic (exact) mass is 525 g/mol. The first-order valence-electron chi connectivity index (χ1n) is 13.8. The van der Waals surface area contributed by atoms with Crippen molar-refractivity contribution in [1.82, 2.24) is 14.5 Å². The molecule has 6 rings (SSSR count). The smallest absolute Gasteiger partial charge is 0.219 e. The molecule has 0 radical (unpaired) electrons. The van der Waals surface area contributed by atoms with Gasteiger partial charge in [-0.1, -0.05) is 84.0 Å². The lowest BCUT2D eigenvalue weighted by Crippen LogP contribution is -2.12. The highest BCUT2D eigenvalue weighted by molar-refractivity contribution is 6.10. The Morgan fingerprint density at radius 2 is 1.32 bits per heavy atom. The molecule has 0 aliphatic rings. The first-order valence-corrected chi connectivity index (χ1v) is 13.8. The van der Waals surface area contributed by atoms with Crippen molar-refractivity contribution in [2.24, 2.45) is 0 Å². The zero-order chi connectivity index (χ0) is 28.1. The Balaban J connectivity index is 1.56. The van der Waals surface area contributed by atoms with E-state index in [1.165, 1.54) is 21.9 Å². The summed E-state index contributed by atoms with van der Waals surface area (Å²) < 4.78 is 8.52. The van der Waals surface area contributed by atoms with Crippen LogP contribution in [-0.2, 0) is 10.8 Å². The summed E-state index contributed by atoms with van der Waals surface area (Å²) in [6, 6.07) is 31.9. The van der Waals surface area contributed by atoms with E-state index in [-0.39, 0.29) is 10.8 Å². The maximum absolute atomic E-state index is 6.22. The van der Waals surface area contributed by atoms with E-state index in [0.29, 0.717) is 5.88 Å². The lowest BCUT2D eigenvalue weighted by Gasteiger charge is -2.21. The summed E-state index contributed by atoms with van der Waals surface area (Å²) in [6.45, 7) is 13.4. The lowest BCUT2D eigenvalue weighted by molar-refractivity contribution is 0.460. The van der Waals surface area contributed by atoms with Crippen LogP contribution in [-0.4, -0.2) is 14.5 Å². The van der Waals surface area contributed by atoms with Crippen LogP contribution in [0, 0.1) is 0 Å². The van der Waals surface area contributed by atoms with E-state index in [0.717, 1.165) is 33.7 Å². The lowest BCUT2D eigenvalue weighted by atomic mass is 9.85. The van der Waals surface area contributed by atoms with Gasteiger partial charge in [0.2, 0.25) is 5.88 Å². The maximum atomic E-state index is 6.22. The second-order valence-electron chi connectivity index (χ2n) is 12.5. The molecule has 0 spiro atoms. The zero-order valence-corrected chi connectivity index (χ0v) is 24.1. The van der Waals surface area contributed by atoms with Crippen molar-refractivity contribution < 1.29 is 4.74 Å². The molecule has 0 amide bonds. The van der Waals surface area contributed by atoms with Gasteiger partial charge in [0.1, 0.15) is 11.6 Å². The topological polar surface area (TPSA) is 39.9 Å². The van der Waals surface area contributed by atoms with E-state index in [2.05, 4.69) is 124 Å². The highest BCUT2D eigenvalue weighted by Crippen LogP contribution is 2.38. The summed E-state index contributed by atoms with van der Waals surface area (Å²) >= 11 is 0. The highest BCUT2D eigenvalue weighted by Gasteiger charge is 2.20. The van der Waals surface area contributed by atoms with Gasteiger partial charge in [-0.15, -0.1) is 0 Å². The predicted molar refractivity (Wildman–Crippen MR) is 166 cm³/mol. The second-order valence-corrected chi connectivity index (χ2v) is 12.5. The van der Waals surface area contributed by atoms with Gasteiger partial charge < -0.3 is 4.74 Å². The Hall–Kier alpha value is -4.44. The van der Waals surface area contributed by atoms with Crippen LogP contribution in [0.4, 0.5) is 0 Å². The molecule has 4 heteroatoms. The fourth-order valence-corrected chi connectivity index (χ4v) is 5.19. The third-order valence-corrected chi connectivity index (χ3v) is 7.48. The number of nitrogens with zero attached hydrogens (tertiary/aromatic N) is 3. The molecule has 0 aliphatic heterocycles. The minimum Gasteiger partial charge on any atom is -0.439 e. The van der Waals surface area contributed by atoms with E-state index < -0.39 is 0 Å². The van der Waals surface area contributed by atoms with Crippen molar-refractivity contribution in [2.45, 2.75) is 52.4 Å². The molecule has 3 aromatic heterocycles. The van der Waals surface area contributed by atoms with Crippen LogP contribution < -0.4 is 4.74 Å². The van der Waals surface area contributed by atoms with Gasteiger partial charge in [0.05, 0.1) is 11.0 Å². The SMILES string of the molecule is CC(C)(C)c1cc(Oc2ccccn2)cc(-c2ccc3c4ccccc4n(-c4cc(C(C)(C)C)ccn4)c3c2)c1. The number of aromatic nitrogens is 3. The molecule has 3 heterocycles. The molecule has 0 aliphatic carbocycles. The molecule has 200 valence electrons. The number of pyridine rings is 2. The summed E-state index contributed by atoms with van der Waals surface area (Å²) in [5, 5.41) is 2.42. The summed E-state index contributed by atoms with van der Waals surface area (Å²) in [5.41, 5.74) is 6.95. The molecular weight excluding hydrogens is 490 g/mol. The molecule has 40 heavy (non-hydrogen) atoms. The van der Waals surface area contributed by atoms with Crippen molar-refractivity contribution in [3.05, 3.63) is 115 Å². The third-order valence-electron chi connectivity index (χ3n) is 7.48. The fourth-order valence-electron chi connectivity index (χ4n) is 5.19. The van der Waals surface area contributed by atoms with Gasteiger partial charge in [-0.25, -0.2) is 9.97 Å². The molecule has 0 saturated carbocycles. The molecule has 6 aromatic rings. The minimum atomic E-state index is -0.0471. The van der Waals surface area contributed by atoms with Crippen LogP contribution in [0.15, 0.2) is 103 Å². The number of ether oxygens (including phenoxy) is 1. The van der Waals surface area contributed by atoms with Gasteiger partial charge >= 0.3 is 0 Å². The first kappa shape index (κ1) is 25.8. The number of fused-ring (bicyclic) bond motifs is 3. The second kappa shape index (κ2) is 9.63. The zero-order valence-electron chi connectivity index (χ0n) is 24.1. The summed E-state index contributed by atoms with van der Waals surface area (Å²) in [5.74, 6) is 2.29. The van der Waals surface area contributed by atoms with Crippen molar-refractivity contribution in [3.8, 4) is 28.6 Å². The van der Waals surface area contributed by atoms with E-state index in [1.807, 2.05) is 24.4 Å². The number of rotatable bonds is 4. The van der Waals surface area contributed by atoms with Gasteiger partial charge in [-0.3, -0.25) is 4.57 Å². The van der Waals surface area contributed by atoms with Gasteiger partial charge in [0.25, 0.3) is 0 Å². The molecular formula is C36H35N3O. The molecule has 0 fully saturated rings. The molecule has 0 unspecified atom stereocenters. The third kappa shape index (κ3) is 4.86. The van der Waals surface area contributed by atoms with Crippen LogP contribution in [0.5, 0.6) is 11.6 Å². The van der Waals surface area contributed by atoms with Crippen LogP contribution in [0.3, 0.4) is 0 Å². The Bertz CT molecular complexity index is 1840. The molecule has 4 nitrogen and oxygen atoms in total. The van der Waals surface area contributed by atoms with Gasteiger partial charge in [-0.05, 0) is 75.5 Å². The van der Waals surface area contributed by atoms with Crippen molar-refractivity contribution >= 4 is 21.8 Å². The molecule has 0 N–H and O–H groups in total. The quantitative estimate of drug-likeness (QED) is 0.230. The van der Waals surface area contributed by atoms with E-state index in [1.54, 1.807) is 6.20 Å². The predicted octanol–water partition coefficient (Wildman–Crippen LogP) is 9.63. The van der Waals surface area contributed by atoms with Crippen LogP contribution in [0.1, 0.15) is 52.7 Å². The average Bonchev–Trinajstić information content (AvgIpc) is 3.26. The number of para-hydroxylation sites is 1. The Kier molecular flexibility index (Phi) is 6.22. The van der Waals surface area contributed by atoms with Crippen molar-refractivity contribution in [2.75, 3.05) is 0 Å². The average molecular weight is 526 g/mol. The normalized spacial score (nSPS) is 12.2. The van der Waals surface area contributed by atoms with Crippen LogP contribution in [0.25, 0.3) is 38.8 Å². The Morgan fingerprint density at radius 3 is 2.08 bits per heavy atom. The molecule has 3 aromatic carbocycles. The number of hydrogen-bond acceptors (Lipinski definition) is 3. The molecule has 0 bridgehead atoms. The maximum Gasteiger partial charge on any atom is 0.219 e.